The Morgan fingerprint density at radius 1 is 1.38 bits per heavy atom. The number of benzene rings is 1. The maximum Gasteiger partial charge on any atom is 0.321 e. The summed E-state index contributed by atoms with van der Waals surface area (Å²) >= 11 is 0. The Hall–Kier alpha value is -2.38. The van der Waals surface area contributed by atoms with Crippen LogP contribution in [0.4, 0.5) is 0 Å². The number of methoxy groups -OCH3 is 1. The molecule has 2 heterocycles. The normalized spacial score (nSPS) is 21.6. The number of rotatable bonds is 5. The zero-order valence-corrected chi connectivity index (χ0v) is 13.5. The van der Waals surface area contributed by atoms with E-state index in [1.54, 1.807) is 13.3 Å². The molecule has 0 saturated carbocycles. The minimum atomic E-state index is -0.906. The molecule has 24 heavy (non-hydrogen) atoms. The molecular weight excluding hydrogens is 310 g/mol. The Morgan fingerprint density at radius 3 is 2.79 bits per heavy atom. The predicted octanol–water partition coefficient (Wildman–Crippen LogP) is 1.29. The van der Waals surface area contributed by atoms with Gasteiger partial charge in [-0.25, -0.2) is 4.98 Å². The van der Waals surface area contributed by atoms with Gasteiger partial charge in [-0.2, -0.15) is 0 Å². The first-order chi connectivity index (χ1) is 11.6. The van der Waals surface area contributed by atoms with Crippen molar-refractivity contribution in [1.82, 2.24) is 14.5 Å². The van der Waals surface area contributed by atoms with E-state index in [0.29, 0.717) is 19.5 Å². The summed E-state index contributed by atoms with van der Waals surface area (Å²) in [6, 6.07) is 6.92. The van der Waals surface area contributed by atoms with Gasteiger partial charge in [0.25, 0.3) is 0 Å². The molecule has 1 aliphatic rings. The van der Waals surface area contributed by atoms with E-state index in [2.05, 4.69) is 4.98 Å². The highest BCUT2D eigenvalue weighted by atomic mass is 16.5. The number of ether oxygens (including phenoxy) is 1. The van der Waals surface area contributed by atoms with Crippen LogP contribution in [-0.2, 0) is 11.3 Å². The minimum Gasteiger partial charge on any atom is -0.497 e. The number of aliphatic carboxylic acids is 1. The quantitative estimate of drug-likeness (QED) is 0.858. The fourth-order valence-electron chi connectivity index (χ4n) is 3.05. The van der Waals surface area contributed by atoms with Gasteiger partial charge in [-0.05, 0) is 37.1 Å². The average Bonchev–Trinajstić information content (AvgIpc) is 3.04. The highest BCUT2D eigenvalue weighted by Gasteiger charge is 2.33. The number of hydrogen-bond acceptors (Lipinski definition) is 5. The summed E-state index contributed by atoms with van der Waals surface area (Å²) in [6.07, 6.45) is 3.83. The summed E-state index contributed by atoms with van der Waals surface area (Å²) in [4.78, 5) is 17.7. The Bertz CT molecular complexity index is 698. The number of imidazole rings is 1. The number of piperidine rings is 1. The molecule has 0 radical (unpaired) electrons. The highest BCUT2D eigenvalue weighted by Crippen LogP contribution is 2.22. The van der Waals surface area contributed by atoms with Crippen molar-refractivity contribution in [1.29, 1.82) is 0 Å². The van der Waals surface area contributed by atoms with Crippen LogP contribution in [0.1, 0.15) is 18.7 Å². The molecule has 0 unspecified atom stereocenters. The summed E-state index contributed by atoms with van der Waals surface area (Å²) in [5, 5.41) is 19.1. The van der Waals surface area contributed by atoms with Crippen LogP contribution in [0.3, 0.4) is 0 Å². The standard InChI is InChI=1S/C17H21N3O4/c1-24-14-4-2-12(3-5-14)20-9-7-18-16(20)11-19-8-6-13(21)10-15(19)17(22)23/h2-5,7,9,13,15,21H,6,8,10-11H2,1H3,(H,22,23)/t13-,15+/m0/s1. The molecular formula is C17H21N3O4. The molecule has 3 rings (SSSR count). The lowest BCUT2D eigenvalue weighted by Crippen LogP contribution is -2.48. The molecule has 0 aliphatic carbocycles. The maximum atomic E-state index is 11.5. The number of likely N-dealkylation sites (tertiary alicyclic amines) is 1. The van der Waals surface area contributed by atoms with Gasteiger partial charge in [0.05, 0.1) is 19.8 Å². The molecule has 0 bridgehead atoms. The van der Waals surface area contributed by atoms with Crippen LogP contribution in [0.25, 0.3) is 5.69 Å². The number of nitrogens with zero attached hydrogens (tertiary/aromatic N) is 3. The fraction of sp³-hybridized carbons (Fsp3) is 0.412. The van der Waals surface area contributed by atoms with Gasteiger partial charge in [0.2, 0.25) is 0 Å². The van der Waals surface area contributed by atoms with Crippen LogP contribution >= 0.6 is 0 Å². The second kappa shape index (κ2) is 7.02. The lowest BCUT2D eigenvalue weighted by molar-refractivity contribution is -0.147. The van der Waals surface area contributed by atoms with E-state index in [-0.39, 0.29) is 6.42 Å². The van der Waals surface area contributed by atoms with Crippen molar-refractivity contribution in [3.8, 4) is 11.4 Å². The lowest BCUT2D eigenvalue weighted by atomic mass is 9.99. The molecule has 1 saturated heterocycles. The minimum absolute atomic E-state index is 0.249. The number of aliphatic hydroxyl groups is 1. The van der Waals surface area contributed by atoms with Gasteiger partial charge < -0.3 is 19.5 Å². The van der Waals surface area contributed by atoms with Gasteiger partial charge in [-0.1, -0.05) is 0 Å². The summed E-state index contributed by atoms with van der Waals surface area (Å²) < 4.78 is 7.10. The number of aromatic nitrogens is 2. The van der Waals surface area contributed by atoms with Crippen molar-refractivity contribution >= 4 is 5.97 Å². The fourth-order valence-corrected chi connectivity index (χ4v) is 3.05. The Labute approximate surface area is 140 Å². The van der Waals surface area contributed by atoms with Crippen molar-refractivity contribution in [3.63, 3.8) is 0 Å². The van der Waals surface area contributed by atoms with E-state index in [1.165, 1.54) is 0 Å². The summed E-state index contributed by atoms with van der Waals surface area (Å²) in [6.45, 7) is 0.955. The first kappa shape index (κ1) is 16.5. The van der Waals surface area contributed by atoms with Crippen molar-refractivity contribution in [2.24, 2.45) is 0 Å². The van der Waals surface area contributed by atoms with Gasteiger partial charge in [0, 0.05) is 24.6 Å². The lowest BCUT2D eigenvalue weighted by Gasteiger charge is -2.35. The molecule has 1 fully saturated rings. The Kier molecular flexibility index (Phi) is 4.82. The van der Waals surface area contributed by atoms with Crippen LogP contribution in [0.15, 0.2) is 36.7 Å². The topological polar surface area (TPSA) is 87.8 Å². The Balaban J connectivity index is 1.80. The molecule has 2 N–H and O–H groups in total. The summed E-state index contributed by atoms with van der Waals surface area (Å²) in [7, 11) is 1.62. The number of hydrogen-bond donors (Lipinski definition) is 2. The van der Waals surface area contributed by atoms with Gasteiger partial charge in [0.15, 0.2) is 0 Å². The molecule has 1 aliphatic heterocycles. The number of carboxylic acids is 1. The van der Waals surface area contributed by atoms with E-state index in [4.69, 9.17) is 4.74 Å². The highest BCUT2D eigenvalue weighted by molar-refractivity contribution is 5.73. The van der Waals surface area contributed by atoms with Gasteiger partial charge >= 0.3 is 5.97 Å². The molecule has 2 aromatic rings. The second-order valence-corrected chi connectivity index (χ2v) is 5.91. The largest absolute Gasteiger partial charge is 0.497 e. The molecule has 1 aromatic carbocycles. The van der Waals surface area contributed by atoms with Gasteiger partial charge in [-0.15, -0.1) is 0 Å². The smallest absolute Gasteiger partial charge is 0.321 e. The van der Waals surface area contributed by atoms with E-state index >= 15 is 0 Å². The SMILES string of the molecule is COc1ccc(-n2ccnc2CN2CC[C@H](O)C[C@@H]2C(=O)O)cc1. The van der Waals surface area contributed by atoms with Crippen LogP contribution < -0.4 is 4.74 Å². The molecule has 128 valence electrons. The van der Waals surface area contributed by atoms with Crippen molar-refractivity contribution in [2.75, 3.05) is 13.7 Å². The molecule has 0 spiro atoms. The molecule has 1 aromatic heterocycles. The van der Waals surface area contributed by atoms with Crippen molar-refractivity contribution in [3.05, 3.63) is 42.5 Å². The maximum absolute atomic E-state index is 11.5. The molecule has 2 atom stereocenters. The monoisotopic (exact) mass is 331 g/mol. The third-order valence-corrected chi connectivity index (χ3v) is 4.38. The second-order valence-electron chi connectivity index (χ2n) is 5.91. The van der Waals surface area contributed by atoms with Crippen LogP contribution in [0.5, 0.6) is 5.75 Å². The average molecular weight is 331 g/mol. The molecule has 7 nitrogen and oxygen atoms in total. The number of carboxylic acid groups (broad SMARTS) is 1. The van der Waals surface area contributed by atoms with Crippen molar-refractivity contribution < 1.29 is 19.7 Å². The summed E-state index contributed by atoms with van der Waals surface area (Å²) in [5.41, 5.74) is 0.937. The number of carbonyl (C=O) groups is 1. The summed E-state index contributed by atoms with van der Waals surface area (Å²) in [5.74, 6) is 0.635. The zero-order valence-electron chi connectivity index (χ0n) is 13.5. The third-order valence-electron chi connectivity index (χ3n) is 4.38. The van der Waals surface area contributed by atoms with Gasteiger partial charge in [-0.3, -0.25) is 9.69 Å². The third kappa shape index (κ3) is 3.42. The first-order valence-corrected chi connectivity index (χ1v) is 7.90. The van der Waals surface area contributed by atoms with E-state index in [1.807, 2.05) is 39.9 Å². The molecule has 7 heteroatoms. The van der Waals surface area contributed by atoms with Crippen LogP contribution in [0.2, 0.25) is 0 Å². The zero-order chi connectivity index (χ0) is 17.1. The Morgan fingerprint density at radius 2 is 2.12 bits per heavy atom. The van der Waals surface area contributed by atoms with E-state index < -0.39 is 18.1 Å². The van der Waals surface area contributed by atoms with Crippen LogP contribution in [-0.4, -0.2) is 56.4 Å². The van der Waals surface area contributed by atoms with E-state index in [0.717, 1.165) is 17.3 Å². The van der Waals surface area contributed by atoms with Crippen molar-refractivity contribution in [2.45, 2.75) is 31.5 Å². The predicted molar refractivity (Wildman–Crippen MR) is 87.2 cm³/mol. The van der Waals surface area contributed by atoms with Crippen LogP contribution in [0, 0.1) is 0 Å². The first-order valence-electron chi connectivity index (χ1n) is 7.90. The molecule has 0 amide bonds. The van der Waals surface area contributed by atoms with Gasteiger partial charge in [0.1, 0.15) is 17.6 Å². The van der Waals surface area contributed by atoms with E-state index in [9.17, 15) is 15.0 Å². The number of aliphatic hydroxyl groups excluding tert-OH is 1.